The molecule has 0 fully saturated rings. The van der Waals surface area contributed by atoms with E-state index in [1.807, 2.05) is 31.2 Å². The molecule has 0 N–H and O–H groups in total. The van der Waals surface area contributed by atoms with Crippen LogP contribution in [0, 0.1) is 25.5 Å². The lowest BCUT2D eigenvalue weighted by Gasteiger charge is -2.10. The molecule has 82 valence electrons. The van der Waals surface area contributed by atoms with Crippen molar-refractivity contribution in [2.45, 2.75) is 13.8 Å². The van der Waals surface area contributed by atoms with Crippen LogP contribution in [0.3, 0.4) is 0 Å². The van der Waals surface area contributed by atoms with Crippen molar-refractivity contribution in [1.82, 2.24) is 0 Å². The summed E-state index contributed by atoms with van der Waals surface area (Å²) in [6.07, 6.45) is 0. The van der Waals surface area contributed by atoms with E-state index in [1.54, 1.807) is 6.92 Å². The number of halogens is 2. The average molecular weight is 218 g/mol. The quantitative estimate of drug-likeness (QED) is 0.671. The third kappa shape index (κ3) is 1.83. The van der Waals surface area contributed by atoms with E-state index >= 15 is 0 Å². The Morgan fingerprint density at radius 2 is 1.56 bits per heavy atom. The number of hydrogen-bond acceptors (Lipinski definition) is 0. The van der Waals surface area contributed by atoms with Crippen LogP contribution in [-0.2, 0) is 0 Å². The average Bonchev–Trinajstić information content (AvgIpc) is 2.19. The zero-order valence-corrected chi connectivity index (χ0v) is 9.22. The highest BCUT2D eigenvalue weighted by Crippen LogP contribution is 2.29. The van der Waals surface area contributed by atoms with Crippen molar-refractivity contribution in [3.05, 3.63) is 59.2 Å². The molecule has 2 aromatic rings. The fourth-order valence-electron chi connectivity index (χ4n) is 1.90. The highest BCUT2D eigenvalue weighted by atomic mass is 19.1. The van der Waals surface area contributed by atoms with Gasteiger partial charge >= 0.3 is 0 Å². The number of hydrogen-bond donors (Lipinski definition) is 0. The normalized spacial score (nSPS) is 10.5. The fourth-order valence-corrected chi connectivity index (χ4v) is 1.90. The third-order valence-electron chi connectivity index (χ3n) is 2.67. The van der Waals surface area contributed by atoms with Gasteiger partial charge in [-0.15, -0.1) is 0 Å². The van der Waals surface area contributed by atoms with Crippen molar-refractivity contribution >= 4 is 0 Å². The van der Waals surface area contributed by atoms with Crippen molar-refractivity contribution in [2.24, 2.45) is 0 Å². The smallest absolute Gasteiger partial charge is 0.134 e. The molecule has 0 aromatic heterocycles. The zero-order valence-electron chi connectivity index (χ0n) is 9.22. The number of aryl methyl sites for hydroxylation is 2. The summed E-state index contributed by atoms with van der Waals surface area (Å²) in [6.45, 7) is 3.63. The molecule has 0 saturated carbocycles. The molecule has 0 radical (unpaired) electrons. The maximum atomic E-state index is 13.7. The van der Waals surface area contributed by atoms with Gasteiger partial charge in [-0.05, 0) is 36.6 Å². The lowest BCUT2D eigenvalue weighted by molar-refractivity contribution is 0.584. The molecule has 0 nitrogen and oxygen atoms in total. The predicted octanol–water partition coefficient (Wildman–Crippen LogP) is 4.25. The largest absolute Gasteiger partial charge is 0.207 e. The molecule has 2 aromatic carbocycles. The van der Waals surface area contributed by atoms with Gasteiger partial charge in [0, 0.05) is 11.6 Å². The van der Waals surface area contributed by atoms with E-state index < -0.39 is 11.6 Å². The predicted molar refractivity (Wildman–Crippen MR) is 61.3 cm³/mol. The van der Waals surface area contributed by atoms with Crippen molar-refractivity contribution in [3.63, 3.8) is 0 Å². The van der Waals surface area contributed by atoms with E-state index in [0.29, 0.717) is 11.1 Å². The number of benzene rings is 2. The van der Waals surface area contributed by atoms with Gasteiger partial charge in [0.2, 0.25) is 0 Å². The van der Waals surface area contributed by atoms with Crippen LogP contribution in [-0.4, -0.2) is 0 Å². The molecule has 0 atom stereocenters. The molecule has 0 amide bonds. The Morgan fingerprint density at radius 1 is 0.875 bits per heavy atom. The molecule has 0 saturated heterocycles. The van der Waals surface area contributed by atoms with Crippen molar-refractivity contribution in [3.8, 4) is 11.1 Å². The van der Waals surface area contributed by atoms with Crippen LogP contribution >= 0.6 is 0 Å². The van der Waals surface area contributed by atoms with E-state index in [4.69, 9.17) is 0 Å². The Kier molecular flexibility index (Phi) is 2.73. The van der Waals surface area contributed by atoms with E-state index in [-0.39, 0.29) is 0 Å². The van der Waals surface area contributed by atoms with Gasteiger partial charge in [0.1, 0.15) is 11.6 Å². The van der Waals surface area contributed by atoms with Crippen molar-refractivity contribution in [1.29, 1.82) is 0 Å². The summed E-state index contributed by atoms with van der Waals surface area (Å²) in [5.41, 5.74) is 2.90. The summed E-state index contributed by atoms with van der Waals surface area (Å²) in [5.74, 6) is -1.04. The van der Waals surface area contributed by atoms with Crippen LogP contribution < -0.4 is 0 Å². The number of rotatable bonds is 1. The monoisotopic (exact) mass is 218 g/mol. The summed E-state index contributed by atoms with van der Waals surface area (Å²) in [4.78, 5) is 0. The molecule has 0 unspecified atom stereocenters. The second-order valence-electron chi connectivity index (χ2n) is 3.89. The van der Waals surface area contributed by atoms with Crippen LogP contribution in [0.2, 0.25) is 0 Å². The molecule has 0 aliphatic rings. The van der Waals surface area contributed by atoms with Gasteiger partial charge in [-0.1, -0.05) is 24.3 Å². The maximum Gasteiger partial charge on any atom is 0.134 e. The van der Waals surface area contributed by atoms with E-state index in [9.17, 15) is 8.78 Å². The van der Waals surface area contributed by atoms with Gasteiger partial charge < -0.3 is 0 Å². The molecule has 16 heavy (non-hydrogen) atoms. The van der Waals surface area contributed by atoms with Crippen LogP contribution in [0.4, 0.5) is 8.78 Å². The standard InChI is InChI=1S/C14H12F2/c1-9-5-3-4-6-12(9)14-10(2)7-11(15)8-13(14)16/h3-8H,1-2H3. The highest BCUT2D eigenvalue weighted by Gasteiger charge is 2.11. The lowest BCUT2D eigenvalue weighted by atomic mass is 9.96. The minimum atomic E-state index is -0.535. The lowest BCUT2D eigenvalue weighted by Crippen LogP contribution is -1.93. The molecule has 0 aliphatic heterocycles. The summed E-state index contributed by atoms with van der Waals surface area (Å²) >= 11 is 0. The van der Waals surface area contributed by atoms with E-state index in [0.717, 1.165) is 17.2 Å². The van der Waals surface area contributed by atoms with Crippen LogP contribution in [0.1, 0.15) is 11.1 Å². The summed E-state index contributed by atoms with van der Waals surface area (Å²) < 4.78 is 26.7. The highest BCUT2D eigenvalue weighted by molar-refractivity contribution is 5.70. The Hall–Kier alpha value is -1.70. The maximum absolute atomic E-state index is 13.7. The molecule has 0 spiro atoms. The topological polar surface area (TPSA) is 0 Å². The molecule has 2 rings (SSSR count). The van der Waals surface area contributed by atoms with Crippen LogP contribution in [0.15, 0.2) is 36.4 Å². The summed E-state index contributed by atoms with van der Waals surface area (Å²) in [5, 5.41) is 0. The third-order valence-corrected chi connectivity index (χ3v) is 2.67. The minimum Gasteiger partial charge on any atom is -0.207 e. The zero-order chi connectivity index (χ0) is 11.7. The molecule has 0 heterocycles. The van der Waals surface area contributed by atoms with Gasteiger partial charge in [0.25, 0.3) is 0 Å². The van der Waals surface area contributed by atoms with Crippen LogP contribution in [0.5, 0.6) is 0 Å². The van der Waals surface area contributed by atoms with Gasteiger partial charge in [-0.25, -0.2) is 8.78 Å². The molecule has 0 aliphatic carbocycles. The SMILES string of the molecule is Cc1ccccc1-c1c(C)cc(F)cc1F. The van der Waals surface area contributed by atoms with Gasteiger partial charge in [-0.2, -0.15) is 0 Å². The Balaban J connectivity index is 2.70. The first-order valence-corrected chi connectivity index (χ1v) is 5.11. The van der Waals surface area contributed by atoms with Gasteiger partial charge in [-0.3, -0.25) is 0 Å². The first-order valence-electron chi connectivity index (χ1n) is 5.11. The van der Waals surface area contributed by atoms with E-state index in [1.165, 1.54) is 6.07 Å². The van der Waals surface area contributed by atoms with Crippen molar-refractivity contribution in [2.75, 3.05) is 0 Å². The van der Waals surface area contributed by atoms with E-state index in [2.05, 4.69) is 0 Å². The molecular formula is C14H12F2. The molecule has 2 heteroatoms. The Morgan fingerprint density at radius 3 is 2.19 bits per heavy atom. The van der Waals surface area contributed by atoms with Gasteiger partial charge in [0.15, 0.2) is 0 Å². The van der Waals surface area contributed by atoms with Crippen LogP contribution in [0.25, 0.3) is 11.1 Å². The fraction of sp³-hybridized carbons (Fsp3) is 0.143. The second-order valence-corrected chi connectivity index (χ2v) is 3.89. The first kappa shape index (κ1) is 10.8. The summed E-state index contributed by atoms with van der Waals surface area (Å²) in [6, 6.07) is 9.79. The van der Waals surface area contributed by atoms with Gasteiger partial charge in [0.05, 0.1) is 0 Å². The summed E-state index contributed by atoms with van der Waals surface area (Å²) in [7, 11) is 0. The first-order chi connectivity index (χ1) is 7.59. The van der Waals surface area contributed by atoms with Crippen molar-refractivity contribution < 1.29 is 8.78 Å². The minimum absolute atomic E-state index is 0.486. The molecular weight excluding hydrogens is 206 g/mol. The Labute approximate surface area is 93.5 Å². The second kappa shape index (κ2) is 4.05. The Bertz CT molecular complexity index is 507. The molecule has 0 bridgehead atoms.